The highest BCUT2D eigenvalue weighted by Crippen LogP contribution is 2.40. The molecule has 0 spiro atoms. The van der Waals surface area contributed by atoms with Crippen molar-refractivity contribution in [1.82, 2.24) is 10.1 Å². The van der Waals surface area contributed by atoms with Crippen LogP contribution in [0, 0.1) is 5.82 Å². The number of anilines is 1. The molecule has 2 aromatic heterocycles. The third-order valence-electron chi connectivity index (χ3n) is 3.67. The minimum atomic E-state index is -0.494. The van der Waals surface area contributed by atoms with Gasteiger partial charge in [0.15, 0.2) is 5.82 Å². The van der Waals surface area contributed by atoms with Crippen LogP contribution in [0.15, 0.2) is 34.2 Å². The molecule has 0 bridgehead atoms. The molecule has 1 N–H and O–H groups in total. The Labute approximate surface area is 145 Å². The molecule has 1 aromatic carbocycles. The van der Waals surface area contributed by atoms with Crippen molar-refractivity contribution >= 4 is 34.5 Å². The molecule has 0 saturated heterocycles. The number of halogens is 2. The lowest BCUT2D eigenvalue weighted by atomic mass is 10.2. The lowest BCUT2D eigenvalue weighted by Crippen LogP contribution is -2.12. The highest BCUT2D eigenvalue weighted by Gasteiger charge is 2.29. The van der Waals surface area contributed by atoms with Crippen molar-refractivity contribution in [1.29, 1.82) is 0 Å². The summed E-state index contributed by atoms with van der Waals surface area (Å²) in [6, 6.07) is 5.38. The number of rotatable bonds is 4. The molecule has 1 fully saturated rings. The van der Waals surface area contributed by atoms with E-state index in [2.05, 4.69) is 15.5 Å². The molecule has 1 aliphatic rings. The van der Waals surface area contributed by atoms with Gasteiger partial charge < -0.3 is 9.84 Å². The number of carbonyl (C=O) groups is 1. The van der Waals surface area contributed by atoms with Gasteiger partial charge in [-0.1, -0.05) is 16.8 Å². The molecular weight excluding hydrogens is 353 g/mol. The van der Waals surface area contributed by atoms with Crippen molar-refractivity contribution in [2.45, 2.75) is 18.8 Å². The lowest BCUT2D eigenvalue weighted by molar-refractivity contribution is 0.102. The Morgan fingerprint density at radius 3 is 2.96 bits per heavy atom. The maximum Gasteiger partial charge on any atom is 0.270 e. The summed E-state index contributed by atoms with van der Waals surface area (Å²) in [6.45, 7) is 0. The van der Waals surface area contributed by atoms with Crippen molar-refractivity contribution in [2.24, 2.45) is 0 Å². The molecule has 0 unspecified atom stereocenters. The number of benzene rings is 1. The van der Waals surface area contributed by atoms with Crippen LogP contribution < -0.4 is 5.32 Å². The second-order valence-electron chi connectivity index (χ2n) is 5.47. The summed E-state index contributed by atoms with van der Waals surface area (Å²) in [5.41, 5.74) is 0.746. The molecule has 1 saturated carbocycles. The maximum absolute atomic E-state index is 13.1. The van der Waals surface area contributed by atoms with Crippen LogP contribution in [-0.4, -0.2) is 16.0 Å². The van der Waals surface area contributed by atoms with Gasteiger partial charge >= 0.3 is 0 Å². The molecule has 4 rings (SSSR count). The fourth-order valence-corrected chi connectivity index (χ4v) is 3.29. The van der Waals surface area contributed by atoms with Crippen molar-refractivity contribution in [3.8, 4) is 10.8 Å². The summed E-state index contributed by atoms with van der Waals surface area (Å²) < 4.78 is 18.4. The Morgan fingerprint density at radius 2 is 2.21 bits per heavy atom. The Balaban J connectivity index is 1.58. The van der Waals surface area contributed by atoms with E-state index in [1.165, 1.54) is 23.5 Å². The van der Waals surface area contributed by atoms with Crippen LogP contribution in [-0.2, 0) is 0 Å². The first-order valence-electron chi connectivity index (χ1n) is 7.29. The Bertz CT molecular complexity index is 920. The molecule has 0 radical (unpaired) electrons. The molecule has 1 aliphatic carbocycles. The second kappa shape index (κ2) is 5.99. The van der Waals surface area contributed by atoms with Crippen LogP contribution in [0.5, 0.6) is 0 Å². The zero-order valence-corrected chi connectivity index (χ0v) is 13.8. The first kappa shape index (κ1) is 15.3. The normalized spacial score (nSPS) is 13.9. The van der Waals surface area contributed by atoms with Gasteiger partial charge in [-0.15, -0.1) is 11.3 Å². The summed E-state index contributed by atoms with van der Waals surface area (Å²) in [5.74, 6) is 0.552. The standard InChI is InChI=1S/C16H11ClFN3O2S/c17-11-7-9(18)3-4-10(11)15(22)19-12-5-6-24-13(12)16-20-14(21-23-16)8-1-2-8/h3-8H,1-2H2,(H,19,22). The third-order valence-corrected chi connectivity index (χ3v) is 4.88. The number of carbonyl (C=O) groups excluding carboxylic acids is 1. The Kier molecular flexibility index (Phi) is 3.82. The molecule has 3 aromatic rings. The van der Waals surface area contributed by atoms with Crippen molar-refractivity contribution < 1.29 is 13.7 Å². The Morgan fingerprint density at radius 1 is 1.38 bits per heavy atom. The van der Waals surface area contributed by atoms with E-state index in [9.17, 15) is 9.18 Å². The largest absolute Gasteiger partial charge is 0.333 e. The number of hydrogen-bond donors (Lipinski definition) is 1. The van der Waals surface area contributed by atoms with Crippen molar-refractivity contribution in [3.05, 3.63) is 51.9 Å². The van der Waals surface area contributed by atoms with E-state index in [0.717, 1.165) is 18.9 Å². The number of thiophene rings is 1. The minimum absolute atomic E-state index is 0.0538. The average Bonchev–Trinajstić information content (AvgIpc) is 3.10. The van der Waals surface area contributed by atoms with Crippen molar-refractivity contribution in [3.63, 3.8) is 0 Å². The van der Waals surface area contributed by atoms with E-state index < -0.39 is 11.7 Å². The fraction of sp³-hybridized carbons (Fsp3) is 0.188. The van der Waals surface area contributed by atoms with Gasteiger partial charge in [0, 0.05) is 5.92 Å². The highest BCUT2D eigenvalue weighted by atomic mass is 35.5. The van der Waals surface area contributed by atoms with Crippen LogP contribution in [0.3, 0.4) is 0 Å². The zero-order chi connectivity index (χ0) is 16.7. The summed E-state index contributed by atoms with van der Waals surface area (Å²) in [4.78, 5) is 17.4. The molecule has 8 heteroatoms. The molecule has 2 heterocycles. The second-order valence-corrected chi connectivity index (χ2v) is 6.80. The topological polar surface area (TPSA) is 68.0 Å². The molecule has 122 valence electrons. The van der Waals surface area contributed by atoms with Gasteiger partial charge in [-0.25, -0.2) is 4.39 Å². The average molecular weight is 364 g/mol. The first-order valence-corrected chi connectivity index (χ1v) is 8.55. The zero-order valence-electron chi connectivity index (χ0n) is 12.3. The fourth-order valence-electron chi connectivity index (χ4n) is 2.27. The van der Waals surface area contributed by atoms with Gasteiger partial charge in [-0.3, -0.25) is 4.79 Å². The van der Waals surface area contributed by atoms with Gasteiger partial charge in [0.05, 0.1) is 16.3 Å². The minimum Gasteiger partial charge on any atom is -0.333 e. The van der Waals surface area contributed by atoms with E-state index in [0.29, 0.717) is 28.2 Å². The van der Waals surface area contributed by atoms with E-state index in [1.54, 1.807) is 6.07 Å². The SMILES string of the molecule is O=C(Nc1ccsc1-c1nc(C2CC2)no1)c1ccc(F)cc1Cl. The number of nitrogens with zero attached hydrogens (tertiary/aromatic N) is 2. The number of nitrogens with one attached hydrogen (secondary N) is 1. The highest BCUT2D eigenvalue weighted by molar-refractivity contribution is 7.14. The smallest absolute Gasteiger partial charge is 0.270 e. The van der Waals surface area contributed by atoms with Gasteiger partial charge in [-0.2, -0.15) is 4.98 Å². The van der Waals surface area contributed by atoms with E-state index >= 15 is 0 Å². The van der Waals surface area contributed by atoms with E-state index in [-0.39, 0.29) is 10.6 Å². The van der Waals surface area contributed by atoms with E-state index in [1.807, 2.05) is 5.38 Å². The molecule has 1 amide bonds. The van der Waals surface area contributed by atoms with Gasteiger partial charge in [0.1, 0.15) is 10.7 Å². The quantitative estimate of drug-likeness (QED) is 0.728. The van der Waals surface area contributed by atoms with Crippen LogP contribution >= 0.6 is 22.9 Å². The molecule has 5 nitrogen and oxygen atoms in total. The van der Waals surface area contributed by atoms with E-state index in [4.69, 9.17) is 16.1 Å². The van der Waals surface area contributed by atoms with Crippen LogP contribution in [0.1, 0.15) is 34.9 Å². The van der Waals surface area contributed by atoms with Crippen LogP contribution in [0.4, 0.5) is 10.1 Å². The molecular formula is C16H11ClFN3O2S. The maximum atomic E-state index is 13.1. The monoisotopic (exact) mass is 363 g/mol. The molecule has 0 aliphatic heterocycles. The molecule has 24 heavy (non-hydrogen) atoms. The van der Waals surface area contributed by atoms with Crippen LogP contribution in [0.2, 0.25) is 5.02 Å². The summed E-state index contributed by atoms with van der Waals surface area (Å²) in [6.07, 6.45) is 2.16. The third kappa shape index (κ3) is 2.92. The molecule has 0 atom stereocenters. The lowest BCUT2D eigenvalue weighted by Gasteiger charge is -2.06. The van der Waals surface area contributed by atoms with Gasteiger partial charge in [-0.05, 0) is 42.5 Å². The number of amides is 1. The predicted molar refractivity (Wildman–Crippen MR) is 88.9 cm³/mol. The Hall–Kier alpha value is -2.25. The summed E-state index contributed by atoms with van der Waals surface area (Å²) in [7, 11) is 0. The summed E-state index contributed by atoms with van der Waals surface area (Å²) >= 11 is 7.32. The van der Waals surface area contributed by atoms with Crippen molar-refractivity contribution in [2.75, 3.05) is 5.32 Å². The van der Waals surface area contributed by atoms with Gasteiger partial charge in [0.2, 0.25) is 0 Å². The number of aromatic nitrogens is 2. The first-order chi connectivity index (χ1) is 11.6. The van der Waals surface area contributed by atoms with Gasteiger partial charge in [0.25, 0.3) is 11.8 Å². The predicted octanol–water partition coefficient (Wildman–Crippen LogP) is 4.72. The summed E-state index contributed by atoms with van der Waals surface area (Å²) in [5, 5.41) is 8.61. The number of hydrogen-bond acceptors (Lipinski definition) is 5. The van der Waals surface area contributed by atoms with Crippen LogP contribution in [0.25, 0.3) is 10.8 Å².